The minimum atomic E-state index is -0.363. The molecule has 27 heavy (non-hydrogen) atoms. The Morgan fingerprint density at radius 1 is 0.519 bits per heavy atom. The molecule has 2 heteroatoms. The number of hydrogen-bond donors (Lipinski definition) is 0. The fourth-order valence-corrected chi connectivity index (χ4v) is 3.00. The number of esters is 1. The lowest BCUT2D eigenvalue weighted by atomic mass is 10.0. The third kappa shape index (κ3) is 3.80. The molecule has 0 bridgehead atoms. The third-order valence-electron chi connectivity index (χ3n) is 4.40. The molecule has 4 aromatic rings. The fourth-order valence-electron chi connectivity index (χ4n) is 3.00. The standard InChI is InChI=1S/C25H18O2/c26-25(22-17-15-20(16-18-22)19-9-3-1-4-10-19)27-24-14-8-7-13-23(24)21-11-5-2-6-12-21/h1-18H. The lowest BCUT2D eigenvalue weighted by Gasteiger charge is -2.10. The lowest BCUT2D eigenvalue weighted by Crippen LogP contribution is -2.09. The molecule has 0 aromatic heterocycles. The number of benzene rings is 4. The monoisotopic (exact) mass is 350 g/mol. The van der Waals surface area contributed by atoms with Gasteiger partial charge in [-0.2, -0.15) is 0 Å². The zero-order valence-corrected chi connectivity index (χ0v) is 14.7. The van der Waals surface area contributed by atoms with Crippen LogP contribution in [0.15, 0.2) is 109 Å². The first kappa shape index (κ1) is 16.8. The van der Waals surface area contributed by atoms with Gasteiger partial charge in [-0.05, 0) is 34.9 Å². The van der Waals surface area contributed by atoms with Crippen molar-refractivity contribution in [2.45, 2.75) is 0 Å². The number of para-hydroxylation sites is 1. The highest BCUT2D eigenvalue weighted by Crippen LogP contribution is 2.30. The Balaban J connectivity index is 1.57. The van der Waals surface area contributed by atoms with Crippen molar-refractivity contribution in [3.8, 4) is 28.0 Å². The van der Waals surface area contributed by atoms with Crippen LogP contribution in [0, 0.1) is 0 Å². The van der Waals surface area contributed by atoms with Gasteiger partial charge in [0.25, 0.3) is 0 Å². The maximum absolute atomic E-state index is 12.6. The maximum Gasteiger partial charge on any atom is 0.343 e. The summed E-state index contributed by atoms with van der Waals surface area (Å²) in [5.74, 6) is 0.193. The van der Waals surface area contributed by atoms with Crippen molar-refractivity contribution in [2.75, 3.05) is 0 Å². The van der Waals surface area contributed by atoms with Gasteiger partial charge in [0, 0.05) is 5.56 Å². The fraction of sp³-hybridized carbons (Fsp3) is 0. The van der Waals surface area contributed by atoms with Crippen molar-refractivity contribution in [1.82, 2.24) is 0 Å². The van der Waals surface area contributed by atoms with Gasteiger partial charge in [-0.1, -0.05) is 91.0 Å². The van der Waals surface area contributed by atoms with Crippen LogP contribution in [0.4, 0.5) is 0 Å². The van der Waals surface area contributed by atoms with Gasteiger partial charge in [0.05, 0.1) is 5.56 Å². The summed E-state index contributed by atoms with van der Waals surface area (Å²) in [6, 6.07) is 35.0. The number of carbonyl (C=O) groups excluding carboxylic acids is 1. The number of carbonyl (C=O) groups is 1. The number of hydrogen-bond acceptors (Lipinski definition) is 2. The Morgan fingerprint density at radius 3 is 1.70 bits per heavy atom. The Kier molecular flexibility index (Phi) is 4.80. The first-order valence-corrected chi connectivity index (χ1v) is 8.83. The van der Waals surface area contributed by atoms with E-state index in [0.29, 0.717) is 11.3 Å². The maximum atomic E-state index is 12.6. The van der Waals surface area contributed by atoms with Gasteiger partial charge >= 0.3 is 5.97 Å². The first-order valence-electron chi connectivity index (χ1n) is 8.83. The zero-order valence-electron chi connectivity index (χ0n) is 14.7. The van der Waals surface area contributed by atoms with Crippen LogP contribution in [0.1, 0.15) is 10.4 Å². The van der Waals surface area contributed by atoms with E-state index in [9.17, 15) is 4.79 Å². The molecule has 0 N–H and O–H groups in total. The molecular formula is C25H18O2. The molecule has 0 radical (unpaired) electrons. The molecule has 0 aliphatic rings. The highest BCUT2D eigenvalue weighted by atomic mass is 16.5. The minimum absolute atomic E-state index is 0.363. The van der Waals surface area contributed by atoms with Crippen LogP contribution in [0.3, 0.4) is 0 Å². The molecule has 0 fully saturated rings. The molecule has 0 atom stereocenters. The Bertz CT molecular complexity index is 1040. The van der Waals surface area contributed by atoms with Gasteiger partial charge < -0.3 is 4.74 Å². The molecule has 0 saturated carbocycles. The van der Waals surface area contributed by atoms with Gasteiger partial charge in [0.1, 0.15) is 5.75 Å². The second-order valence-corrected chi connectivity index (χ2v) is 6.20. The topological polar surface area (TPSA) is 26.3 Å². The van der Waals surface area contributed by atoms with Crippen LogP contribution in [0.25, 0.3) is 22.3 Å². The Labute approximate surface area is 158 Å². The summed E-state index contributed by atoms with van der Waals surface area (Å²) in [7, 11) is 0. The SMILES string of the molecule is O=C(Oc1ccccc1-c1ccccc1)c1ccc(-c2ccccc2)cc1. The lowest BCUT2D eigenvalue weighted by molar-refractivity contribution is 0.0735. The Morgan fingerprint density at radius 2 is 1.04 bits per heavy atom. The first-order chi connectivity index (χ1) is 13.3. The third-order valence-corrected chi connectivity index (χ3v) is 4.40. The molecule has 0 amide bonds. The van der Waals surface area contributed by atoms with E-state index < -0.39 is 0 Å². The summed E-state index contributed by atoms with van der Waals surface area (Å²) in [5, 5.41) is 0. The quantitative estimate of drug-likeness (QED) is 0.322. The van der Waals surface area contributed by atoms with E-state index in [1.807, 2.05) is 97.1 Å². The van der Waals surface area contributed by atoms with Crippen LogP contribution in [-0.4, -0.2) is 5.97 Å². The summed E-state index contributed by atoms with van der Waals surface area (Å²) in [4.78, 5) is 12.6. The van der Waals surface area contributed by atoms with E-state index >= 15 is 0 Å². The highest BCUT2D eigenvalue weighted by Gasteiger charge is 2.12. The van der Waals surface area contributed by atoms with E-state index in [0.717, 1.165) is 22.3 Å². The van der Waals surface area contributed by atoms with E-state index in [1.165, 1.54) is 0 Å². The van der Waals surface area contributed by atoms with Crippen molar-refractivity contribution in [3.63, 3.8) is 0 Å². The van der Waals surface area contributed by atoms with E-state index in [-0.39, 0.29) is 5.97 Å². The normalized spacial score (nSPS) is 10.4. The summed E-state index contributed by atoms with van der Waals surface area (Å²) < 4.78 is 5.69. The second-order valence-electron chi connectivity index (χ2n) is 6.20. The highest BCUT2D eigenvalue weighted by molar-refractivity contribution is 5.92. The minimum Gasteiger partial charge on any atom is -0.422 e. The molecule has 130 valence electrons. The van der Waals surface area contributed by atoms with E-state index in [4.69, 9.17) is 4.74 Å². The van der Waals surface area contributed by atoms with Crippen molar-refractivity contribution >= 4 is 5.97 Å². The average molecular weight is 350 g/mol. The van der Waals surface area contributed by atoms with Crippen molar-refractivity contribution < 1.29 is 9.53 Å². The predicted molar refractivity (Wildman–Crippen MR) is 109 cm³/mol. The predicted octanol–water partition coefficient (Wildman–Crippen LogP) is 6.24. The van der Waals surface area contributed by atoms with Crippen LogP contribution in [0.5, 0.6) is 5.75 Å². The number of ether oxygens (including phenoxy) is 1. The van der Waals surface area contributed by atoms with Crippen molar-refractivity contribution in [3.05, 3.63) is 115 Å². The Hall–Kier alpha value is -3.65. The van der Waals surface area contributed by atoms with Gasteiger partial charge in [-0.15, -0.1) is 0 Å². The molecule has 0 heterocycles. The van der Waals surface area contributed by atoms with Gasteiger partial charge in [0.2, 0.25) is 0 Å². The summed E-state index contributed by atoms with van der Waals surface area (Å²) in [5.41, 5.74) is 4.62. The van der Waals surface area contributed by atoms with E-state index in [2.05, 4.69) is 0 Å². The largest absolute Gasteiger partial charge is 0.422 e. The molecule has 4 rings (SSSR count). The molecule has 0 aliphatic carbocycles. The van der Waals surface area contributed by atoms with Crippen molar-refractivity contribution in [1.29, 1.82) is 0 Å². The molecule has 2 nitrogen and oxygen atoms in total. The summed E-state index contributed by atoms with van der Waals surface area (Å²) in [6.45, 7) is 0. The van der Waals surface area contributed by atoms with Crippen LogP contribution in [-0.2, 0) is 0 Å². The second kappa shape index (κ2) is 7.71. The molecular weight excluding hydrogens is 332 g/mol. The average Bonchev–Trinajstić information content (AvgIpc) is 2.75. The molecule has 4 aromatic carbocycles. The number of rotatable bonds is 4. The van der Waals surface area contributed by atoms with E-state index in [1.54, 1.807) is 12.1 Å². The molecule has 0 aliphatic heterocycles. The van der Waals surface area contributed by atoms with Crippen LogP contribution < -0.4 is 4.74 Å². The smallest absolute Gasteiger partial charge is 0.343 e. The zero-order chi connectivity index (χ0) is 18.5. The molecule has 0 spiro atoms. The molecule has 0 saturated heterocycles. The van der Waals surface area contributed by atoms with Crippen LogP contribution >= 0.6 is 0 Å². The van der Waals surface area contributed by atoms with Crippen LogP contribution in [0.2, 0.25) is 0 Å². The van der Waals surface area contributed by atoms with Crippen molar-refractivity contribution in [2.24, 2.45) is 0 Å². The summed E-state index contributed by atoms with van der Waals surface area (Å²) in [6.07, 6.45) is 0. The van der Waals surface area contributed by atoms with Gasteiger partial charge in [-0.25, -0.2) is 4.79 Å². The van der Waals surface area contributed by atoms with Gasteiger partial charge in [-0.3, -0.25) is 0 Å². The summed E-state index contributed by atoms with van der Waals surface area (Å²) >= 11 is 0. The molecule has 0 unspecified atom stereocenters. The van der Waals surface area contributed by atoms with Gasteiger partial charge in [0.15, 0.2) is 0 Å².